The van der Waals surface area contributed by atoms with E-state index in [9.17, 15) is 0 Å². The van der Waals surface area contributed by atoms with Crippen LogP contribution in [0.3, 0.4) is 0 Å². The lowest BCUT2D eigenvalue weighted by atomic mass is 10.5. The predicted molar refractivity (Wildman–Crippen MR) is 61.5 cm³/mol. The number of imidazole rings is 1. The van der Waals surface area contributed by atoms with Crippen LogP contribution in [0.25, 0.3) is 5.65 Å². The van der Waals surface area contributed by atoms with Crippen molar-refractivity contribution in [2.75, 3.05) is 18.5 Å². The number of nitrogens with zero attached hydrogens (tertiary/aromatic N) is 3. The van der Waals surface area contributed by atoms with E-state index in [4.69, 9.17) is 11.2 Å². The Morgan fingerprint density at radius 1 is 1.62 bits per heavy atom. The number of ether oxygens (including phenoxy) is 1. The fourth-order valence-corrected chi connectivity index (χ4v) is 1.38. The van der Waals surface area contributed by atoms with Crippen LogP contribution in [0.5, 0.6) is 5.88 Å². The number of terminal acetylenes is 1. The molecule has 1 N–H and O–H groups in total. The molecule has 0 saturated carbocycles. The van der Waals surface area contributed by atoms with Crippen molar-refractivity contribution in [2.24, 2.45) is 0 Å². The molecular formula is C11H12N4O. The van der Waals surface area contributed by atoms with Crippen molar-refractivity contribution in [3.63, 3.8) is 0 Å². The van der Waals surface area contributed by atoms with Gasteiger partial charge in [-0.2, -0.15) is 4.98 Å². The SMILES string of the molecule is C#CCOc1nc(NCC)cn2ccnc12. The summed E-state index contributed by atoms with van der Waals surface area (Å²) in [6.45, 7) is 2.98. The quantitative estimate of drug-likeness (QED) is 0.779. The van der Waals surface area contributed by atoms with Crippen LogP contribution >= 0.6 is 0 Å². The van der Waals surface area contributed by atoms with E-state index in [0.29, 0.717) is 11.5 Å². The highest BCUT2D eigenvalue weighted by Gasteiger charge is 2.07. The second-order valence-corrected chi connectivity index (χ2v) is 3.11. The summed E-state index contributed by atoms with van der Waals surface area (Å²) < 4.78 is 7.19. The highest BCUT2D eigenvalue weighted by atomic mass is 16.5. The van der Waals surface area contributed by atoms with E-state index in [0.717, 1.165) is 12.4 Å². The van der Waals surface area contributed by atoms with Gasteiger partial charge >= 0.3 is 0 Å². The van der Waals surface area contributed by atoms with E-state index in [-0.39, 0.29) is 6.61 Å². The average Bonchev–Trinajstić information content (AvgIpc) is 2.74. The number of hydrogen-bond donors (Lipinski definition) is 1. The predicted octanol–water partition coefficient (Wildman–Crippen LogP) is 1.17. The Balaban J connectivity index is 2.42. The molecule has 2 heterocycles. The summed E-state index contributed by atoms with van der Waals surface area (Å²) in [7, 11) is 0. The Labute approximate surface area is 93.5 Å². The third-order valence-corrected chi connectivity index (χ3v) is 1.99. The first kappa shape index (κ1) is 10.3. The fraction of sp³-hybridized carbons (Fsp3) is 0.273. The lowest BCUT2D eigenvalue weighted by Crippen LogP contribution is -2.05. The highest BCUT2D eigenvalue weighted by molar-refractivity contribution is 5.53. The standard InChI is InChI=1S/C11H12N4O/c1-3-7-16-11-10-13-5-6-15(10)8-9(14-11)12-4-2/h1,5-6,8,12H,4,7H2,2H3. The Morgan fingerprint density at radius 3 is 3.25 bits per heavy atom. The number of nitrogens with one attached hydrogen (secondary N) is 1. The van der Waals surface area contributed by atoms with Crippen LogP contribution in [0.15, 0.2) is 18.6 Å². The minimum absolute atomic E-state index is 0.186. The van der Waals surface area contributed by atoms with Crippen LogP contribution in [0.1, 0.15) is 6.92 Å². The lowest BCUT2D eigenvalue weighted by Gasteiger charge is -2.07. The van der Waals surface area contributed by atoms with Gasteiger partial charge in [0.15, 0.2) is 6.61 Å². The van der Waals surface area contributed by atoms with Crippen LogP contribution < -0.4 is 10.1 Å². The molecule has 5 nitrogen and oxygen atoms in total. The lowest BCUT2D eigenvalue weighted by molar-refractivity contribution is 0.358. The zero-order chi connectivity index (χ0) is 11.4. The van der Waals surface area contributed by atoms with Gasteiger partial charge in [0.1, 0.15) is 5.82 Å². The molecule has 0 unspecified atom stereocenters. The maximum Gasteiger partial charge on any atom is 0.261 e. The average molecular weight is 216 g/mol. The van der Waals surface area contributed by atoms with Gasteiger partial charge in [0.25, 0.3) is 5.88 Å². The number of hydrogen-bond acceptors (Lipinski definition) is 4. The molecule has 0 atom stereocenters. The van der Waals surface area contributed by atoms with Crippen LogP contribution in [0, 0.1) is 12.3 Å². The molecule has 0 spiro atoms. The molecule has 0 radical (unpaired) electrons. The van der Waals surface area contributed by atoms with Gasteiger partial charge in [-0.3, -0.25) is 4.40 Å². The number of anilines is 1. The molecule has 2 aromatic rings. The monoisotopic (exact) mass is 216 g/mol. The van der Waals surface area contributed by atoms with Gasteiger partial charge in [0.05, 0.1) is 6.20 Å². The van der Waals surface area contributed by atoms with Gasteiger partial charge in [0.2, 0.25) is 5.65 Å². The zero-order valence-corrected chi connectivity index (χ0v) is 8.97. The summed E-state index contributed by atoms with van der Waals surface area (Å²) in [5.74, 6) is 3.59. The zero-order valence-electron chi connectivity index (χ0n) is 8.97. The first-order chi connectivity index (χ1) is 7.85. The van der Waals surface area contributed by atoms with E-state index < -0.39 is 0 Å². The summed E-state index contributed by atoms with van der Waals surface area (Å²) in [4.78, 5) is 8.44. The van der Waals surface area contributed by atoms with Crippen LogP contribution in [-0.4, -0.2) is 27.5 Å². The van der Waals surface area contributed by atoms with Crippen molar-refractivity contribution in [3.05, 3.63) is 18.6 Å². The second-order valence-electron chi connectivity index (χ2n) is 3.11. The molecule has 16 heavy (non-hydrogen) atoms. The van der Waals surface area contributed by atoms with Crippen molar-refractivity contribution >= 4 is 11.5 Å². The molecule has 0 fully saturated rings. The third-order valence-electron chi connectivity index (χ3n) is 1.99. The number of fused-ring (bicyclic) bond motifs is 1. The summed E-state index contributed by atoms with van der Waals surface area (Å²) in [5.41, 5.74) is 0.664. The second kappa shape index (κ2) is 4.53. The van der Waals surface area contributed by atoms with Gasteiger partial charge in [-0.15, -0.1) is 6.42 Å². The van der Waals surface area contributed by atoms with Gasteiger partial charge in [-0.1, -0.05) is 5.92 Å². The first-order valence-corrected chi connectivity index (χ1v) is 4.99. The molecule has 0 bridgehead atoms. The maximum atomic E-state index is 5.34. The van der Waals surface area contributed by atoms with E-state index in [2.05, 4.69) is 21.2 Å². The van der Waals surface area contributed by atoms with Crippen molar-refractivity contribution < 1.29 is 4.74 Å². The van der Waals surface area contributed by atoms with Gasteiger partial charge in [-0.25, -0.2) is 4.98 Å². The van der Waals surface area contributed by atoms with Crippen LogP contribution in [-0.2, 0) is 0 Å². The van der Waals surface area contributed by atoms with Crippen molar-refractivity contribution in [3.8, 4) is 18.2 Å². The minimum atomic E-state index is 0.186. The Hall–Kier alpha value is -2.22. The van der Waals surface area contributed by atoms with Gasteiger partial charge < -0.3 is 10.1 Å². The molecular weight excluding hydrogens is 204 g/mol. The molecule has 0 aliphatic heterocycles. The summed E-state index contributed by atoms with van der Waals surface area (Å²) >= 11 is 0. The Kier molecular flexibility index (Phi) is 2.92. The minimum Gasteiger partial charge on any atom is -0.462 e. The number of rotatable bonds is 4. The molecule has 0 aliphatic carbocycles. The summed E-state index contributed by atoms with van der Waals surface area (Å²) in [6.07, 6.45) is 10.5. The summed E-state index contributed by atoms with van der Waals surface area (Å²) in [6, 6.07) is 0. The molecule has 2 aromatic heterocycles. The van der Waals surface area contributed by atoms with E-state index in [1.807, 2.05) is 23.7 Å². The fourth-order valence-electron chi connectivity index (χ4n) is 1.38. The normalized spacial score (nSPS) is 10.0. The van der Waals surface area contributed by atoms with Crippen molar-refractivity contribution in [1.29, 1.82) is 0 Å². The van der Waals surface area contributed by atoms with Crippen molar-refractivity contribution in [1.82, 2.24) is 14.4 Å². The molecule has 0 aromatic carbocycles. The molecule has 0 amide bonds. The Morgan fingerprint density at radius 2 is 2.50 bits per heavy atom. The molecule has 2 rings (SSSR count). The Bertz CT molecular complexity index is 526. The molecule has 82 valence electrons. The third kappa shape index (κ3) is 1.91. The van der Waals surface area contributed by atoms with E-state index >= 15 is 0 Å². The van der Waals surface area contributed by atoms with Crippen molar-refractivity contribution in [2.45, 2.75) is 6.92 Å². The topological polar surface area (TPSA) is 51.5 Å². The van der Waals surface area contributed by atoms with Gasteiger partial charge in [0, 0.05) is 18.9 Å². The largest absolute Gasteiger partial charge is 0.462 e. The van der Waals surface area contributed by atoms with Crippen LogP contribution in [0.2, 0.25) is 0 Å². The number of aromatic nitrogens is 3. The molecule has 5 heteroatoms. The first-order valence-electron chi connectivity index (χ1n) is 4.99. The highest BCUT2D eigenvalue weighted by Crippen LogP contribution is 2.18. The van der Waals surface area contributed by atoms with Crippen LogP contribution in [0.4, 0.5) is 5.82 Å². The summed E-state index contributed by atoms with van der Waals surface area (Å²) in [5, 5.41) is 3.11. The molecule has 0 aliphatic rings. The van der Waals surface area contributed by atoms with Gasteiger partial charge in [-0.05, 0) is 6.92 Å². The molecule has 0 saturated heterocycles. The smallest absolute Gasteiger partial charge is 0.261 e. The van der Waals surface area contributed by atoms with E-state index in [1.54, 1.807) is 6.20 Å². The van der Waals surface area contributed by atoms with E-state index in [1.165, 1.54) is 0 Å². The maximum absolute atomic E-state index is 5.34.